The van der Waals surface area contributed by atoms with Crippen LogP contribution in [0.25, 0.3) is 10.9 Å². The zero-order valence-electron chi connectivity index (χ0n) is 19.5. The van der Waals surface area contributed by atoms with Crippen molar-refractivity contribution in [3.05, 3.63) is 64.8 Å². The molecule has 32 heavy (non-hydrogen) atoms. The highest BCUT2D eigenvalue weighted by Gasteiger charge is 2.22. The fraction of sp³-hybridized carbons (Fsp3) is 0.429. The number of hydrogen-bond donors (Lipinski definition) is 1. The van der Waals surface area contributed by atoms with Crippen molar-refractivity contribution in [2.24, 2.45) is 5.92 Å². The Labute approximate surface area is 197 Å². The quantitative estimate of drug-likeness (QED) is 0.438. The summed E-state index contributed by atoms with van der Waals surface area (Å²) in [6.45, 7) is 3.72. The number of nitrogens with one attached hydrogen (secondary N) is 1. The topological polar surface area (TPSA) is 20.2 Å². The molecule has 0 saturated heterocycles. The minimum absolute atomic E-state index is 0.605. The van der Waals surface area contributed by atoms with E-state index in [1.165, 1.54) is 48.6 Å². The molecule has 1 aliphatic rings. The van der Waals surface area contributed by atoms with E-state index in [0.717, 1.165) is 34.9 Å². The highest BCUT2D eigenvalue weighted by atomic mass is 35.5. The number of aromatic nitrogens is 1. The molecule has 0 bridgehead atoms. The van der Waals surface area contributed by atoms with Crippen LogP contribution in [-0.2, 0) is 13.0 Å². The zero-order chi connectivity index (χ0) is 22.5. The Morgan fingerprint density at radius 2 is 1.78 bits per heavy atom. The summed E-state index contributed by atoms with van der Waals surface area (Å²) in [6, 6.07) is 17.7. The van der Waals surface area contributed by atoms with Gasteiger partial charge in [0.2, 0.25) is 0 Å². The summed E-state index contributed by atoms with van der Waals surface area (Å²) in [7, 11) is 4.43. The monoisotopic (exact) mass is 447 g/mol. The highest BCUT2D eigenvalue weighted by Crippen LogP contribution is 2.30. The van der Waals surface area contributed by atoms with Gasteiger partial charge < -0.3 is 14.8 Å². The van der Waals surface area contributed by atoms with Gasteiger partial charge in [0.05, 0.1) is 12.2 Å². The number of aryl methyl sites for hydroxylation is 1. The molecule has 0 spiro atoms. The second-order valence-electron chi connectivity index (χ2n) is 9.17. The molecule has 0 unspecified atom stereocenters. The molecule has 2 aromatic carbocycles. The Bertz CT molecular complexity index is 1090. The Morgan fingerprint density at radius 1 is 1.03 bits per heavy atom. The molecular formula is C28H34ClN3. The third kappa shape index (κ3) is 5.49. The Hall–Kier alpha value is -2.41. The lowest BCUT2D eigenvalue weighted by molar-refractivity contribution is 0.193. The van der Waals surface area contributed by atoms with Crippen LogP contribution >= 0.6 is 11.6 Å². The first-order valence-corrected chi connectivity index (χ1v) is 12.2. The molecule has 1 fully saturated rings. The van der Waals surface area contributed by atoms with Crippen molar-refractivity contribution in [3.63, 3.8) is 0 Å². The number of halogens is 1. The smallest absolute Gasteiger partial charge is 0.0931 e. The lowest BCUT2D eigenvalue weighted by atomic mass is 9.82. The molecule has 0 aliphatic heterocycles. The van der Waals surface area contributed by atoms with E-state index in [2.05, 4.69) is 71.9 Å². The maximum atomic E-state index is 5.95. The van der Waals surface area contributed by atoms with Gasteiger partial charge in [-0.25, -0.2) is 0 Å². The summed E-state index contributed by atoms with van der Waals surface area (Å²) in [4.78, 5) is 2.39. The number of benzene rings is 2. The standard InChI is InChI=1S/C28H34ClN3/c1-4-32-27(6-5-17-30-25-12-10-24(29)11-13-25)20-23-19-22(9-16-28(23)32)18-21-7-14-26(15-8-21)31(2)3/h9-13,16,19-21,26,30H,4,7-8,14-15,17-18H2,1-3H3. The molecule has 0 radical (unpaired) electrons. The molecule has 3 nitrogen and oxygen atoms in total. The molecule has 1 aromatic heterocycles. The molecular weight excluding hydrogens is 414 g/mol. The second kappa shape index (κ2) is 10.5. The van der Waals surface area contributed by atoms with E-state index >= 15 is 0 Å². The fourth-order valence-corrected chi connectivity index (χ4v) is 5.07. The van der Waals surface area contributed by atoms with Crippen LogP contribution in [0.3, 0.4) is 0 Å². The normalized spacial score (nSPS) is 18.5. The lowest BCUT2D eigenvalue weighted by Crippen LogP contribution is -2.32. The van der Waals surface area contributed by atoms with E-state index in [4.69, 9.17) is 11.6 Å². The molecule has 4 rings (SSSR count). The van der Waals surface area contributed by atoms with Crippen molar-refractivity contribution >= 4 is 28.2 Å². The maximum absolute atomic E-state index is 5.95. The van der Waals surface area contributed by atoms with Crippen molar-refractivity contribution < 1.29 is 0 Å². The molecule has 1 aliphatic carbocycles. The Balaban J connectivity index is 1.43. The summed E-state index contributed by atoms with van der Waals surface area (Å²) in [5.74, 6) is 7.46. The van der Waals surface area contributed by atoms with Crippen LogP contribution in [0, 0.1) is 17.8 Å². The van der Waals surface area contributed by atoms with Crippen LogP contribution in [0.15, 0.2) is 48.5 Å². The van der Waals surface area contributed by atoms with Gasteiger partial charge in [0, 0.05) is 34.2 Å². The fourth-order valence-electron chi connectivity index (χ4n) is 4.94. The SMILES string of the molecule is CCn1c(C#CCNc2ccc(Cl)cc2)cc2cc(CC3CCC(N(C)C)CC3)ccc21. The van der Waals surface area contributed by atoms with Crippen molar-refractivity contribution in [3.8, 4) is 11.8 Å². The molecule has 1 heterocycles. The minimum atomic E-state index is 0.605. The summed E-state index contributed by atoms with van der Waals surface area (Å²) in [5, 5.41) is 5.39. The first-order valence-electron chi connectivity index (χ1n) is 11.8. The molecule has 0 amide bonds. The van der Waals surface area contributed by atoms with Gasteiger partial charge in [0.1, 0.15) is 0 Å². The van der Waals surface area contributed by atoms with Gasteiger partial charge in [-0.3, -0.25) is 0 Å². The highest BCUT2D eigenvalue weighted by molar-refractivity contribution is 6.30. The van der Waals surface area contributed by atoms with Crippen LogP contribution in [0.5, 0.6) is 0 Å². The number of anilines is 1. The van der Waals surface area contributed by atoms with Gasteiger partial charge in [-0.15, -0.1) is 0 Å². The van der Waals surface area contributed by atoms with Crippen molar-refractivity contribution in [2.75, 3.05) is 26.0 Å². The van der Waals surface area contributed by atoms with Gasteiger partial charge in [-0.1, -0.05) is 23.6 Å². The van der Waals surface area contributed by atoms with E-state index in [1.807, 2.05) is 24.3 Å². The van der Waals surface area contributed by atoms with Crippen molar-refractivity contribution in [1.29, 1.82) is 0 Å². The summed E-state index contributed by atoms with van der Waals surface area (Å²) in [6.07, 6.45) is 6.54. The summed E-state index contributed by atoms with van der Waals surface area (Å²) >= 11 is 5.95. The van der Waals surface area contributed by atoms with Crippen LogP contribution in [0.1, 0.15) is 43.9 Å². The van der Waals surface area contributed by atoms with Crippen LogP contribution in [0.2, 0.25) is 5.02 Å². The maximum Gasteiger partial charge on any atom is 0.0931 e. The van der Waals surface area contributed by atoms with E-state index in [1.54, 1.807) is 0 Å². The molecule has 1 saturated carbocycles. The van der Waals surface area contributed by atoms with Crippen LogP contribution in [0.4, 0.5) is 5.69 Å². The van der Waals surface area contributed by atoms with Crippen molar-refractivity contribution in [2.45, 2.75) is 51.6 Å². The van der Waals surface area contributed by atoms with Gasteiger partial charge >= 0.3 is 0 Å². The number of fused-ring (bicyclic) bond motifs is 1. The van der Waals surface area contributed by atoms with E-state index in [-0.39, 0.29) is 0 Å². The van der Waals surface area contributed by atoms with E-state index in [0.29, 0.717) is 6.54 Å². The lowest BCUT2D eigenvalue weighted by Gasteiger charge is -2.32. The average molecular weight is 448 g/mol. The third-order valence-electron chi connectivity index (χ3n) is 6.79. The van der Waals surface area contributed by atoms with E-state index in [9.17, 15) is 0 Å². The van der Waals surface area contributed by atoms with Crippen LogP contribution < -0.4 is 5.32 Å². The number of rotatable bonds is 6. The molecule has 1 N–H and O–H groups in total. The largest absolute Gasteiger partial charge is 0.374 e. The van der Waals surface area contributed by atoms with Gasteiger partial charge in [0.15, 0.2) is 0 Å². The second-order valence-corrected chi connectivity index (χ2v) is 9.61. The summed E-state index contributed by atoms with van der Waals surface area (Å²) in [5.41, 5.74) is 4.86. The third-order valence-corrected chi connectivity index (χ3v) is 7.05. The molecule has 3 aromatic rings. The van der Waals surface area contributed by atoms with Crippen LogP contribution in [-0.4, -0.2) is 36.1 Å². The predicted octanol–water partition coefficient (Wildman–Crippen LogP) is 6.44. The van der Waals surface area contributed by atoms with Gasteiger partial charge in [-0.2, -0.15) is 0 Å². The first kappa shape index (κ1) is 22.8. The zero-order valence-corrected chi connectivity index (χ0v) is 20.3. The predicted molar refractivity (Wildman–Crippen MR) is 138 cm³/mol. The number of hydrogen-bond acceptors (Lipinski definition) is 2. The Morgan fingerprint density at radius 3 is 2.47 bits per heavy atom. The van der Waals surface area contributed by atoms with Crippen molar-refractivity contribution in [1.82, 2.24) is 9.47 Å². The van der Waals surface area contributed by atoms with E-state index < -0.39 is 0 Å². The molecule has 168 valence electrons. The first-order chi connectivity index (χ1) is 15.5. The minimum Gasteiger partial charge on any atom is -0.374 e. The molecule has 0 atom stereocenters. The number of nitrogens with zero attached hydrogens (tertiary/aromatic N) is 2. The molecule has 4 heteroatoms. The Kier molecular flexibility index (Phi) is 7.45. The average Bonchev–Trinajstić information content (AvgIpc) is 3.15. The van der Waals surface area contributed by atoms with Gasteiger partial charge in [0.25, 0.3) is 0 Å². The summed E-state index contributed by atoms with van der Waals surface area (Å²) < 4.78 is 2.32. The van der Waals surface area contributed by atoms with Gasteiger partial charge in [-0.05, 0) is 113 Å².